The number of benzene rings is 2. The van der Waals surface area contributed by atoms with E-state index in [0.717, 1.165) is 6.54 Å². The van der Waals surface area contributed by atoms with E-state index in [2.05, 4.69) is 19.1 Å². The summed E-state index contributed by atoms with van der Waals surface area (Å²) in [5, 5.41) is 0.516. The zero-order valence-corrected chi connectivity index (χ0v) is 12.5. The molecule has 0 saturated heterocycles. The summed E-state index contributed by atoms with van der Waals surface area (Å²) in [5.74, 6) is 0.0479. The van der Waals surface area contributed by atoms with Crippen molar-refractivity contribution in [2.75, 3.05) is 13.6 Å². The number of carbonyl (C=O) groups excluding carboxylic acids is 1. The maximum absolute atomic E-state index is 12.2. The number of carbonyl (C=O) groups is 1. The van der Waals surface area contributed by atoms with Gasteiger partial charge in [-0.2, -0.15) is 0 Å². The molecule has 0 unspecified atom stereocenters. The fraction of sp³-hybridized carbons (Fsp3) is 0.235. The molecular weight excluding hydrogens is 270 g/mol. The van der Waals surface area contributed by atoms with Gasteiger partial charge in [-0.05, 0) is 37.2 Å². The Morgan fingerprint density at radius 3 is 2.45 bits per heavy atom. The standard InChI is InChI=1S/C17H18ClNO/c1-13-7-3-4-8-14(13)11-19(2)12-17(20)15-9-5-6-10-16(15)18/h3-10H,11-12H2,1-2H3. The van der Waals surface area contributed by atoms with Crippen molar-refractivity contribution in [1.29, 1.82) is 0 Å². The van der Waals surface area contributed by atoms with Crippen LogP contribution in [0.4, 0.5) is 0 Å². The van der Waals surface area contributed by atoms with E-state index >= 15 is 0 Å². The number of halogens is 1. The first-order valence-electron chi connectivity index (χ1n) is 6.58. The van der Waals surface area contributed by atoms with Crippen molar-refractivity contribution in [3.63, 3.8) is 0 Å². The van der Waals surface area contributed by atoms with Crippen molar-refractivity contribution in [1.82, 2.24) is 4.90 Å². The quantitative estimate of drug-likeness (QED) is 0.776. The van der Waals surface area contributed by atoms with E-state index in [4.69, 9.17) is 11.6 Å². The predicted octanol–water partition coefficient (Wildman–Crippen LogP) is 3.96. The number of nitrogens with zero attached hydrogens (tertiary/aromatic N) is 1. The lowest BCUT2D eigenvalue weighted by Gasteiger charge is -2.17. The van der Waals surface area contributed by atoms with Crippen LogP contribution in [0.5, 0.6) is 0 Å². The second kappa shape index (κ2) is 6.69. The van der Waals surface area contributed by atoms with Gasteiger partial charge in [-0.25, -0.2) is 0 Å². The molecule has 2 aromatic rings. The van der Waals surface area contributed by atoms with Gasteiger partial charge in [-0.3, -0.25) is 9.69 Å². The van der Waals surface area contributed by atoms with Gasteiger partial charge in [0.1, 0.15) is 0 Å². The van der Waals surface area contributed by atoms with Crippen molar-refractivity contribution in [3.8, 4) is 0 Å². The fourth-order valence-electron chi connectivity index (χ4n) is 2.15. The molecule has 0 saturated carbocycles. The number of Topliss-reactive ketones (excluding diaryl/α,β-unsaturated/α-hetero) is 1. The molecule has 0 fully saturated rings. The van der Waals surface area contributed by atoms with Gasteiger partial charge in [-0.1, -0.05) is 48.0 Å². The predicted molar refractivity (Wildman–Crippen MR) is 83.3 cm³/mol. The third kappa shape index (κ3) is 3.69. The normalized spacial score (nSPS) is 10.8. The number of rotatable bonds is 5. The minimum atomic E-state index is 0.0479. The molecule has 0 aromatic heterocycles. The Morgan fingerprint density at radius 1 is 1.10 bits per heavy atom. The summed E-state index contributed by atoms with van der Waals surface area (Å²) in [6, 6.07) is 15.4. The highest BCUT2D eigenvalue weighted by atomic mass is 35.5. The molecule has 3 heteroatoms. The highest BCUT2D eigenvalue weighted by Crippen LogP contribution is 2.16. The maximum atomic E-state index is 12.2. The minimum absolute atomic E-state index is 0.0479. The van der Waals surface area contributed by atoms with Crippen molar-refractivity contribution in [2.24, 2.45) is 0 Å². The minimum Gasteiger partial charge on any atom is -0.295 e. The molecule has 0 amide bonds. The molecule has 0 aliphatic carbocycles. The first-order valence-corrected chi connectivity index (χ1v) is 6.96. The van der Waals surface area contributed by atoms with Gasteiger partial charge in [0.15, 0.2) is 5.78 Å². The van der Waals surface area contributed by atoms with Crippen LogP contribution in [0, 0.1) is 6.92 Å². The van der Waals surface area contributed by atoms with Crippen LogP contribution in [0.25, 0.3) is 0 Å². The largest absolute Gasteiger partial charge is 0.295 e. The first kappa shape index (κ1) is 14.8. The molecule has 2 rings (SSSR count). The lowest BCUT2D eigenvalue weighted by molar-refractivity contribution is 0.0943. The van der Waals surface area contributed by atoms with Crippen LogP contribution < -0.4 is 0 Å². The van der Waals surface area contributed by atoms with E-state index in [9.17, 15) is 4.79 Å². The molecule has 0 heterocycles. The van der Waals surface area contributed by atoms with Crippen LogP contribution in [-0.4, -0.2) is 24.3 Å². The first-order chi connectivity index (χ1) is 9.58. The van der Waals surface area contributed by atoms with Crippen LogP contribution in [-0.2, 0) is 6.54 Å². The number of hydrogen-bond donors (Lipinski definition) is 0. The molecular formula is C17H18ClNO. The highest BCUT2D eigenvalue weighted by molar-refractivity contribution is 6.34. The number of likely N-dealkylation sites (N-methyl/N-ethyl adjacent to an activating group) is 1. The molecule has 20 heavy (non-hydrogen) atoms. The Hall–Kier alpha value is -1.64. The van der Waals surface area contributed by atoms with E-state index in [1.54, 1.807) is 12.1 Å². The summed E-state index contributed by atoms with van der Waals surface area (Å²) in [4.78, 5) is 14.2. The molecule has 104 valence electrons. The topological polar surface area (TPSA) is 20.3 Å². The van der Waals surface area contributed by atoms with Crippen LogP contribution in [0.1, 0.15) is 21.5 Å². The third-order valence-corrected chi connectivity index (χ3v) is 3.62. The summed E-state index contributed by atoms with van der Waals surface area (Å²) < 4.78 is 0. The van der Waals surface area contributed by atoms with Gasteiger partial charge >= 0.3 is 0 Å². The average Bonchev–Trinajstić information content (AvgIpc) is 2.41. The Morgan fingerprint density at radius 2 is 1.75 bits per heavy atom. The molecule has 0 aliphatic heterocycles. The Bertz CT molecular complexity index is 609. The summed E-state index contributed by atoms with van der Waals surface area (Å²) in [6.45, 7) is 3.19. The van der Waals surface area contributed by atoms with Crippen LogP contribution in [0.15, 0.2) is 48.5 Å². The second-order valence-corrected chi connectivity index (χ2v) is 5.41. The summed E-state index contributed by atoms with van der Waals surface area (Å²) in [5.41, 5.74) is 3.07. The summed E-state index contributed by atoms with van der Waals surface area (Å²) in [7, 11) is 1.95. The Labute approximate surface area is 125 Å². The van der Waals surface area contributed by atoms with Crippen molar-refractivity contribution in [2.45, 2.75) is 13.5 Å². The summed E-state index contributed by atoms with van der Waals surface area (Å²) in [6.07, 6.45) is 0. The lowest BCUT2D eigenvalue weighted by atomic mass is 10.1. The van der Waals surface area contributed by atoms with E-state index < -0.39 is 0 Å². The number of aryl methyl sites for hydroxylation is 1. The molecule has 0 atom stereocenters. The van der Waals surface area contributed by atoms with Gasteiger partial charge in [-0.15, -0.1) is 0 Å². The Balaban J connectivity index is 2.02. The van der Waals surface area contributed by atoms with Gasteiger partial charge in [0.25, 0.3) is 0 Å². The zero-order chi connectivity index (χ0) is 14.5. The molecule has 2 nitrogen and oxygen atoms in total. The van der Waals surface area contributed by atoms with Crippen LogP contribution in [0.2, 0.25) is 5.02 Å². The van der Waals surface area contributed by atoms with E-state index in [1.807, 2.05) is 36.2 Å². The molecule has 0 radical (unpaired) electrons. The third-order valence-electron chi connectivity index (χ3n) is 3.29. The summed E-state index contributed by atoms with van der Waals surface area (Å²) >= 11 is 6.05. The van der Waals surface area contributed by atoms with Crippen LogP contribution in [0.3, 0.4) is 0 Å². The Kier molecular flexibility index (Phi) is 4.94. The molecule has 0 bridgehead atoms. The fourth-order valence-corrected chi connectivity index (χ4v) is 2.39. The van der Waals surface area contributed by atoms with Crippen molar-refractivity contribution in [3.05, 3.63) is 70.2 Å². The van der Waals surface area contributed by atoms with E-state index in [1.165, 1.54) is 11.1 Å². The maximum Gasteiger partial charge on any atom is 0.178 e. The highest BCUT2D eigenvalue weighted by Gasteiger charge is 2.12. The van der Waals surface area contributed by atoms with Crippen molar-refractivity contribution < 1.29 is 4.79 Å². The van der Waals surface area contributed by atoms with E-state index in [-0.39, 0.29) is 5.78 Å². The van der Waals surface area contributed by atoms with Crippen molar-refractivity contribution >= 4 is 17.4 Å². The second-order valence-electron chi connectivity index (χ2n) is 5.00. The molecule has 0 aliphatic rings. The number of ketones is 1. The van der Waals surface area contributed by atoms with Crippen LogP contribution >= 0.6 is 11.6 Å². The van der Waals surface area contributed by atoms with Gasteiger partial charge < -0.3 is 0 Å². The molecule has 0 spiro atoms. The smallest absolute Gasteiger partial charge is 0.178 e. The number of hydrogen-bond acceptors (Lipinski definition) is 2. The molecule has 2 aromatic carbocycles. The lowest BCUT2D eigenvalue weighted by Crippen LogP contribution is -2.26. The molecule has 0 N–H and O–H groups in total. The monoisotopic (exact) mass is 287 g/mol. The zero-order valence-electron chi connectivity index (χ0n) is 11.8. The van der Waals surface area contributed by atoms with Gasteiger partial charge in [0, 0.05) is 12.1 Å². The SMILES string of the molecule is Cc1ccccc1CN(C)CC(=O)c1ccccc1Cl. The average molecular weight is 288 g/mol. The van der Waals surface area contributed by atoms with Gasteiger partial charge in [0.2, 0.25) is 0 Å². The van der Waals surface area contributed by atoms with Gasteiger partial charge in [0.05, 0.1) is 11.6 Å². The van der Waals surface area contributed by atoms with E-state index in [0.29, 0.717) is 17.1 Å².